The van der Waals surface area contributed by atoms with Gasteiger partial charge in [-0.25, -0.2) is 0 Å². The Morgan fingerprint density at radius 2 is 1.55 bits per heavy atom. The molecule has 0 saturated carbocycles. The van der Waals surface area contributed by atoms with E-state index in [1.807, 2.05) is 42.5 Å². The molecular weight excluding hydrogens is 603 g/mol. The van der Waals surface area contributed by atoms with Crippen molar-refractivity contribution in [2.45, 2.75) is 64.7 Å². The van der Waals surface area contributed by atoms with Crippen molar-refractivity contribution in [2.24, 2.45) is 0 Å². The number of nitrogens with one attached hydrogen (secondary N) is 1. The standard InChI is InChI=1S/C44H47N3O2/c1-6-27-46-39-22-20-35(33-15-9-7-10-16-33)29-37(39)43(2,3)26-13-14-32(31-45)19-24-41-44(4,5)38-30-36(34-17-11-8-12-18-34)21-23-40(38)47(41)28-25-42(48)49/h7-24,29-30,46H,6,25-28H2,1-5H3,(H,48,49)/b14-13+,32-19-,41-24+. The molecule has 0 saturated heterocycles. The number of carboxylic acid groups (broad SMARTS) is 1. The summed E-state index contributed by atoms with van der Waals surface area (Å²) in [6.45, 7) is 12.2. The Morgan fingerprint density at radius 1 is 0.918 bits per heavy atom. The second kappa shape index (κ2) is 15.3. The molecular formula is C44H47N3O2. The Morgan fingerprint density at radius 3 is 2.16 bits per heavy atom. The zero-order valence-electron chi connectivity index (χ0n) is 29.3. The van der Waals surface area contributed by atoms with Gasteiger partial charge in [0.2, 0.25) is 0 Å². The summed E-state index contributed by atoms with van der Waals surface area (Å²) in [5.74, 6) is -0.840. The zero-order valence-corrected chi connectivity index (χ0v) is 29.3. The topological polar surface area (TPSA) is 76.4 Å². The fourth-order valence-electron chi connectivity index (χ4n) is 6.65. The number of anilines is 2. The Bertz CT molecular complexity index is 1910. The lowest BCUT2D eigenvalue weighted by Crippen LogP contribution is -2.28. The molecule has 5 heteroatoms. The number of hydrogen-bond acceptors (Lipinski definition) is 4. The van der Waals surface area contributed by atoms with Crippen molar-refractivity contribution in [1.29, 1.82) is 5.26 Å². The van der Waals surface area contributed by atoms with Crippen LogP contribution in [0.25, 0.3) is 22.3 Å². The van der Waals surface area contributed by atoms with Gasteiger partial charge in [0.05, 0.1) is 18.1 Å². The molecule has 4 aromatic carbocycles. The Kier molecular flexibility index (Phi) is 10.9. The number of benzene rings is 4. The third-order valence-corrected chi connectivity index (χ3v) is 9.44. The predicted octanol–water partition coefficient (Wildman–Crippen LogP) is 10.7. The van der Waals surface area contributed by atoms with E-state index in [1.165, 1.54) is 16.7 Å². The number of nitriles is 1. The van der Waals surface area contributed by atoms with Crippen LogP contribution in [0.4, 0.5) is 11.4 Å². The van der Waals surface area contributed by atoms with Crippen molar-refractivity contribution in [3.8, 4) is 28.3 Å². The van der Waals surface area contributed by atoms with E-state index < -0.39 is 11.4 Å². The number of allylic oxidation sites excluding steroid dienone is 6. The molecule has 0 aliphatic carbocycles. The van der Waals surface area contributed by atoms with Crippen LogP contribution in [0.1, 0.15) is 65.0 Å². The van der Waals surface area contributed by atoms with Crippen molar-refractivity contribution in [3.05, 3.63) is 144 Å². The fourth-order valence-corrected chi connectivity index (χ4v) is 6.65. The summed E-state index contributed by atoms with van der Waals surface area (Å²) >= 11 is 0. The van der Waals surface area contributed by atoms with Gasteiger partial charge >= 0.3 is 5.97 Å². The average Bonchev–Trinajstić information content (AvgIpc) is 3.32. The van der Waals surface area contributed by atoms with Gasteiger partial charge in [0.25, 0.3) is 0 Å². The number of rotatable bonds is 13. The molecule has 49 heavy (non-hydrogen) atoms. The van der Waals surface area contributed by atoms with Gasteiger partial charge in [0.1, 0.15) is 0 Å². The van der Waals surface area contributed by atoms with Crippen LogP contribution in [0, 0.1) is 11.3 Å². The molecule has 1 aliphatic heterocycles. The lowest BCUT2D eigenvalue weighted by atomic mass is 9.79. The van der Waals surface area contributed by atoms with Gasteiger partial charge in [-0.15, -0.1) is 0 Å². The number of hydrogen-bond donors (Lipinski definition) is 2. The minimum Gasteiger partial charge on any atom is -0.481 e. The van der Waals surface area contributed by atoms with Crippen molar-refractivity contribution in [2.75, 3.05) is 23.3 Å². The minimum atomic E-state index is -0.840. The summed E-state index contributed by atoms with van der Waals surface area (Å²) < 4.78 is 0. The Labute approximate surface area is 291 Å². The van der Waals surface area contributed by atoms with Crippen LogP contribution in [-0.2, 0) is 15.6 Å². The lowest BCUT2D eigenvalue weighted by Gasteiger charge is -2.28. The molecule has 5 rings (SSSR count). The van der Waals surface area contributed by atoms with Crippen molar-refractivity contribution >= 4 is 17.3 Å². The van der Waals surface area contributed by atoms with Gasteiger partial charge in [-0.1, -0.05) is 113 Å². The first-order valence-electron chi connectivity index (χ1n) is 17.2. The maximum absolute atomic E-state index is 11.6. The van der Waals surface area contributed by atoms with Gasteiger partial charge in [-0.2, -0.15) is 5.26 Å². The summed E-state index contributed by atoms with van der Waals surface area (Å²) in [5.41, 5.74) is 10.1. The smallest absolute Gasteiger partial charge is 0.305 e. The van der Waals surface area contributed by atoms with Gasteiger partial charge in [-0.05, 0) is 94.1 Å². The monoisotopic (exact) mass is 649 g/mol. The minimum absolute atomic E-state index is 0.0116. The fraction of sp³-hybridized carbons (Fsp3) is 0.273. The lowest BCUT2D eigenvalue weighted by molar-refractivity contribution is -0.136. The maximum Gasteiger partial charge on any atom is 0.305 e. The van der Waals surface area contributed by atoms with Crippen molar-refractivity contribution < 1.29 is 9.90 Å². The van der Waals surface area contributed by atoms with Crippen LogP contribution in [0.5, 0.6) is 0 Å². The van der Waals surface area contributed by atoms with E-state index in [9.17, 15) is 15.2 Å². The number of aliphatic carboxylic acids is 1. The van der Waals surface area contributed by atoms with Gasteiger partial charge in [0, 0.05) is 35.6 Å². The van der Waals surface area contributed by atoms with Crippen LogP contribution in [-0.4, -0.2) is 24.2 Å². The zero-order chi connectivity index (χ0) is 35.0. The van der Waals surface area contributed by atoms with E-state index in [0.717, 1.165) is 53.1 Å². The van der Waals surface area contributed by atoms with E-state index in [1.54, 1.807) is 0 Å². The average molecular weight is 650 g/mol. The van der Waals surface area contributed by atoms with Crippen LogP contribution in [0.2, 0.25) is 0 Å². The molecule has 0 amide bonds. The Balaban J connectivity index is 1.43. The molecule has 4 aromatic rings. The second-order valence-corrected chi connectivity index (χ2v) is 13.8. The number of carbonyl (C=O) groups is 1. The molecule has 0 spiro atoms. The molecule has 0 bridgehead atoms. The SMILES string of the molecule is CCCNc1ccc(-c2ccccc2)cc1C(C)(C)C/C=C/C(C#N)=C/C=C1/N(CCC(=O)O)c2ccc(-c3ccccc3)cc2C1(C)C. The molecule has 250 valence electrons. The van der Waals surface area contributed by atoms with Crippen molar-refractivity contribution in [3.63, 3.8) is 0 Å². The first-order chi connectivity index (χ1) is 23.5. The van der Waals surface area contributed by atoms with Crippen LogP contribution in [0.3, 0.4) is 0 Å². The van der Waals surface area contributed by atoms with Crippen molar-refractivity contribution in [1.82, 2.24) is 0 Å². The summed E-state index contributed by atoms with van der Waals surface area (Å²) in [6.07, 6.45) is 9.65. The molecule has 5 nitrogen and oxygen atoms in total. The van der Waals surface area contributed by atoms with E-state index in [0.29, 0.717) is 12.1 Å². The molecule has 0 radical (unpaired) electrons. The highest BCUT2D eigenvalue weighted by Gasteiger charge is 2.40. The molecule has 0 aromatic heterocycles. The maximum atomic E-state index is 11.6. The van der Waals surface area contributed by atoms with Crippen LogP contribution in [0.15, 0.2) is 133 Å². The highest BCUT2D eigenvalue weighted by molar-refractivity contribution is 5.78. The third kappa shape index (κ3) is 8.04. The van der Waals surface area contributed by atoms with Crippen LogP contribution < -0.4 is 10.2 Å². The normalized spacial score (nSPS) is 15.0. The largest absolute Gasteiger partial charge is 0.481 e. The summed E-state index contributed by atoms with van der Waals surface area (Å²) in [6, 6.07) is 36.1. The first-order valence-corrected chi connectivity index (χ1v) is 17.2. The first kappa shape index (κ1) is 35.0. The van der Waals surface area contributed by atoms with E-state index in [2.05, 4.69) is 130 Å². The van der Waals surface area contributed by atoms with Gasteiger partial charge < -0.3 is 15.3 Å². The van der Waals surface area contributed by atoms with E-state index in [-0.39, 0.29) is 11.8 Å². The Hall–Kier alpha value is -5.34. The predicted molar refractivity (Wildman–Crippen MR) is 204 cm³/mol. The third-order valence-electron chi connectivity index (χ3n) is 9.44. The molecule has 0 fully saturated rings. The molecule has 0 atom stereocenters. The molecule has 1 heterocycles. The number of carboxylic acids is 1. The van der Waals surface area contributed by atoms with E-state index in [4.69, 9.17) is 0 Å². The number of fused-ring (bicyclic) bond motifs is 1. The quantitative estimate of drug-likeness (QED) is 0.111. The van der Waals surface area contributed by atoms with E-state index >= 15 is 0 Å². The summed E-state index contributed by atoms with van der Waals surface area (Å²) in [4.78, 5) is 13.7. The molecule has 0 unspecified atom stereocenters. The highest BCUT2D eigenvalue weighted by Crippen LogP contribution is 2.49. The van der Waals surface area contributed by atoms with Crippen LogP contribution >= 0.6 is 0 Å². The number of nitrogens with zero attached hydrogens (tertiary/aromatic N) is 2. The highest BCUT2D eigenvalue weighted by atomic mass is 16.4. The van der Waals surface area contributed by atoms with Gasteiger partial charge in [0.15, 0.2) is 0 Å². The molecule has 2 N–H and O–H groups in total. The summed E-state index contributed by atoms with van der Waals surface area (Å²) in [5, 5.41) is 23.3. The van der Waals surface area contributed by atoms with Gasteiger partial charge in [-0.3, -0.25) is 4.79 Å². The second-order valence-electron chi connectivity index (χ2n) is 13.8. The summed E-state index contributed by atoms with van der Waals surface area (Å²) in [7, 11) is 0. The molecule has 1 aliphatic rings.